The third kappa shape index (κ3) is 5.14. The zero-order chi connectivity index (χ0) is 21.4. The van der Waals surface area contributed by atoms with E-state index in [0.717, 1.165) is 39.7 Å². The predicted molar refractivity (Wildman–Crippen MR) is 124 cm³/mol. The van der Waals surface area contributed by atoms with E-state index >= 15 is 0 Å². The number of ketones is 1. The highest BCUT2D eigenvalue weighted by Gasteiger charge is 2.19. The van der Waals surface area contributed by atoms with Gasteiger partial charge in [0.15, 0.2) is 5.78 Å². The number of rotatable bonds is 6. The second kappa shape index (κ2) is 10.6. The van der Waals surface area contributed by atoms with Crippen molar-refractivity contribution in [1.82, 2.24) is 15.3 Å². The van der Waals surface area contributed by atoms with Crippen molar-refractivity contribution < 1.29 is 4.79 Å². The number of nitrogens with one attached hydrogen (secondary N) is 2. The fourth-order valence-corrected chi connectivity index (χ4v) is 3.32. The maximum atomic E-state index is 12.0. The summed E-state index contributed by atoms with van der Waals surface area (Å²) in [6, 6.07) is 1.83. The molecule has 2 aromatic rings. The van der Waals surface area contributed by atoms with Crippen LogP contribution >= 0.6 is 0 Å². The molecule has 0 aromatic carbocycles. The molecule has 1 atom stereocenters. The number of dihydropyridines is 1. The van der Waals surface area contributed by atoms with Crippen molar-refractivity contribution in [3.05, 3.63) is 70.7 Å². The van der Waals surface area contributed by atoms with E-state index in [0.29, 0.717) is 6.42 Å². The maximum absolute atomic E-state index is 12.0. The molecule has 0 saturated carbocycles. The number of hydrogen-bond donors (Lipinski definition) is 2. The number of nitrogens with zero attached hydrogens (tertiary/aromatic N) is 1. The average molecular weight is 392 g/mol. The van der Waals surface area contributed by atoms with E-state index in [2.05, 4.69) is 60.4 Å². The number of allylic oxidation sites excluding steroid dienone is 5. The summed E-state index contributed by atoms with van der Waals surface area (Å²) in [4.78, 5) is 19.7. The van der Waals surface area contributed by atoms with Crippen molar-refractivity contribution in [2.75, 3.05) is 0 Å². The lowest BCUT2D eigenvalue weighted by Crippen LogP contribution is -2.33. The van der Waals surface area contributed by atoms with Crippen LogP contribution in [0.4, 0.5) is 0 Å². The van der Waals surface area contributed by atoms with Crippen LogP contribution in [-0.4, -0.2) is 21.8 Å². The van der Waals surface area contributed by atoms with E-state index in [-0.39, 0.29) is 11.8 Å². The van der Waals surface area contributed by atoms with Crippen LogP contribution in [0.2, 0.25) is 0 Å². The molecule has 4 heteroatoms. The highest BCUT2D eigenvalue weighted by atomic mass is 16.1. The number of aromatic nitrogens is 2. The molecule has 2 N–H and O–H groups in total. The SMILES string of the molecule is CC.CC/C=C/C(=C\c1cnc2[nH]ccc2c1C)C1=CNC(C(=O)CC)C=C1C. The van der Waals surface area contributed by atoms with E-state index in [1.165, 1.54) is 5.56 Å². The molecule has 4 nitrogen and oxygen atoms in total. The zero-order valence-corrected chi connectivity index (χ0v) is 18.5. The van der Waals surface area contributed by atoms with Crippen LogP contribution < -0.4 is 5.32 Å². The lowest BCUT2D eigenvalue weighted by Gasteiger charge is -2.22. The van der Waals surface area contributed by atoms with Crippen LogP contribution in [0.5, 0.6) is 0 Å². The minimum Gasteiger partial charge on any atom is -0.378 e. The molecular formula is C25H33N3O. The van der Waals surface area contributed by atoms with Crippen LogP contribution in [0, 0.1) is 6.92 Å². The first-order valence-corrected chi connectivity index (χ1v) is 10.5. The summed E-state index contributed by atoms with van der Waals surface area (Å²) in [7, 11) is 0. The Balaban J connectivity index is 0.00000145. The summed E-state index contributed by atoms with van der Waals surface area (Å²) in [5, 5.41) is 4.39. The van der Waals surface area contributed by atoms with Gasteiger partial charge in [-0.2, -0.15) is 0 Å². The number of fused-ring (bicyclic) bond motifs is 1. The first-order valence-electron chi connectivity index (χ1n) is 10.5. The molecule has 154 valence electrons. The molecule has 0 aliphatic carbocycles. The van der Waals surface area contributed by atoms with E-state index in [1.807, 2.05) is 45.4 Å². The van der Waals surface area contributed by atoms with E-state index in [4.69, 9.17) is 0 Å². The minimum atomic E-state index is -0.227. The summed E-state index contributed by atoms with van der Waals surface area (Å²) < 4.78 is 0. The third-order valence-corrected chi connectivity index (χ3v) is 4.99. The van der Waals surface area contributed by atoms with Crippen LogP contribution in [-0.2, 0) is 4.79 Å². The number of carbonyl (C=O) groups is 1. The van der Waals surface area contributed by atoms with Crippen molar-refractivity contribution in [2.24, 2.45) is 0 Å². The van der Waals surface area contributed by atoms with Crippen molar-refractivity contribution >= 4 is 22.9 Å². The van der Waals surface area contributed by atoms with Gasteiger partial charge in [0, 0.05) is 36.0 Å². The molecule has 1 aliphatic heterocycles. The molecule has 1 aliphatic rings. The Morgan fingerprint density at radius 1 is 1.24 bits per heavy atom. The highest BCUT2D eigenvalue weighted by molar-refractivity contribution is 5.87. The Labute approximate surface area is 174 Å². The van der Waals surface area contributed by atoms with Gasteiger partial charge in [0.1, 0.15) is 11.7 Å². The average Bonchev–Trinajstić information content (AvgIpc) is 3.23. The van der Waals surface area contributed by atoms with Gasteiger partial charge in [0.2, 0.25) is 0 Å². The molecule has 0 fully saturated rings. The predicted octanol–water partition coefficient (Wildman–Crippen LogP) is 6.03. The van der Waals surface area contributed by atoms with E-state index < -0.39 is 0 Å². The first kappa shape index (κ1) is 22.4. The zero-order valence-electron chi connectivity index (χ0n) is 18.5. The summed E-state index contributed by atoms with van der Waals surface area (Å²) in [5.41, 5.74) is 6.53. The monoisotopic (exact) mass is 391 g/mol. The van der Waals surface area contributed by atoms with Gasteiger partial charge >= 0.3 is 0 Å². The Bertz CT molecular complexity index is 973. The molecule has 3 rings (SSSR count). The van der Waals surface area contributed by atoms with E-state index in [9.17, 15) is 4.79 Å². The molecule has 0 spiro atoms. The largest absolute Gasteiger partial charge is 0.378 e. The summed E-state index contributed by atoms with van der Waals surface area (Å²) >= 11 is 0. The van der Waals surface area contributed by atoms with Crippen LogP contribution in [0.1, 0.15) is 58.6 Å². The van der Waals surface area contributed by atoms with Gasteiger partial charge in [-0.15, -0.1) is 0 Å². The Kier molecular flexibility index (Phi) is 8.20. The van der Waals surface area contributed by atoms with Gasteiger partial charge in [0.25, 0.3) is 0 Å². The second-order valence-electron chi connectivity index (χ2n) is 6.86. The highest BCUT2D eigenvalue weighted by Crippen LogP contribution is 2.28. The molecule has 0 amide bonds. The summed E-state index contributed by atoms with van der Waals surface area (Å²) in [6.45, 7) is 12.2. The maximum Gasteiger partial charge on any atom is 0.158 e. The lowest BCUT2D eigenvalue weighted by molar-refractivity contribution is -0.119. The normalized spacial score (nSPS) is 16.8. The molecule has 29 heavy (non-hydrogen) atoms. The molecular weight excluding hydrogens is 358 g/mol. The Morgan fingerprint density at radius 2 is 2.00 bits per heavy atom. The molecule has 0 saturated heterocycles. The van der Waals surface area contributed by atoms with Crippen molar-refractivity contribution in [3.8, 4) is 0 Å². The number of H-pyrrole nitrogens is 1. The quantitative estimate of drug-likeness (QED) is 0.591. The van der Waals surface area contributed by atoms with Gasteiger partial charge in [-0.1, -0.05) is 45.9 Å². The molecule has 2 aromatic heterocycles. The Morgan fingerprint density at radius 3 is 2.66 bits per heavy atom. The third-order valence-electron chi connectivity index (χ3n) is 4.99. The number of hydrogen-bond acceptors (Lipinski definition) is 3. The van der Waals surface area contributed by atoms with Gasteiger partial charge in [-0.3, -0.25) is 4.79 Å². The molecule has 1 unspecified atom stereocenters. The molecule has 0 radical (unpaired) electrons. The van der Waals surface area contributed by atoms with Gasteiger partial charge in [0.05, 0.1) is 0 Å². The topological polar surface area (TPSA) is 57.8 Å². The van der Waals surface area contributed by atoms with Crippen LogP contribution in [0.15, 0.2) is 59.6 Å². The van der Waals surface area contributed by atoms with Crippen LogP contribution in [0.3, 0.4) is 0 Å². The van der Waals surface area contributed by atoms with E-state index in [1.54, 1.807) is 0 Å². The first-order chi connectivity index (χ1) is 14.0. The number of Topliss-reactive ketones (excluding diaryl/α,β-unsaturated/α-hetero) is 1. The van der Waals surface area contributed by atoms with Gasteiger partial charge in [-0.25, -0.2) is 4.98 Å². The fraction of sp³-hybridized carbons (Fsp3) is 0.360. The molecule has 0 bridgehead atoms. The number of pyridine rings is 1. The van der Waals surface area contributed by atoms with Gasteiger partial charge in [-0.05, 0) is 54.7 Å². The van der Waals surface area contributed by atoms with Crippen molar-refractivity contribution in [2.45, 2.75) is 60.4 Å². The van der Waals surface area contributed by atoms with Gasteiger partial charge < -0.3 is 10.3 Å². The Hall–Kier alpha value is -2.88. The summed E-state index contributed by atoms with van der Waals surface area (Å²) in [6.07, 6.45) is 15.8. The van der Waals surface area contributed by atoms with Crippen LogP contribution in [0.25, 0.3) is 17.1 Å². The number of aryl methyl sites for hydroxylation is 1. The number of carbonyl (C=O) groups excluding carboxylic acids is 1. The number of aromatic amines is 1. The fourth-order valence-electron chi connectivity index (χ4n) is 3.32. The summed E-state index contributed by atoms with van der Waals surface area (Å²) in [5.74, 6) is 0.206. The van der Waals surface area contributed by atoms with Crippen molar-refractivity contribution in [1.29, 1.82) is 0 Å². The van der Waals surface area contributed by atoms with Crippen molar-refractivity contribution in [3.63, 3.8) is 0 Å². The smallest absolute Gasteiger partial charge is 0.158 e. The molecule has 3 heterocycles. The lowest BCUT2D eigenvalue weighted by atomic mass is 9.92. The minimum absolute atomic E-state index is 0.206. The second-order valence-corrected chi connectivity index (χ2v) is 6.86. The standard InChI is InChI=1S/C23H27N3O.C2H6/c1-5-7-8-17(20-14-25-21(11-15(20)3)22(27)6-2)12-18-13-26-23-19(16(18)4)9-10-24-23;1-2/h7-14,21,25H,5-6H2,1-4H3,(H,24,26);1-2H3/b8-7+,17-12+;.